The molecule has 2 aromatic rings. The Balaban J connectivity index is 1.78. The molecule has 0 amide bonds. The molecule has 0 radical (unpaired) electrons. The number of rotatable bonds is 3. The van der Waals surface area contributed by atoms with E-state index in [4.69, 9.17) is 9.84 Å². The number of nitrogens with zero attached hydrogens (tertiary/aromatic N) is 2. The predicted octanol–water partition coefficient (Wildman–Crippen LogP) is 1.72. The third kappa shape index (κ3) is 2.20. The summed E-state index contributed by atoms with van der Waals surface area (Å²) in [5.41, 5.74) is 1.11. The van der Waals surface area contributed by atoms with Gasteiger partial charge in [-0.15, -0.1) is 0 Å². The molecule has 96 valence electrons. The van der Waals surface area contributed by atoms with Gasteiger partial charge in [-0.1, -0.05) is 18.2 Å². The smallest absolute Gasteiger partial charge is 0.338 e. The highest BCUT2D eigenvalue weighted by Gasteiger charge is 2.24. The fraction of sp³-hybridized carbons (Fsp3) is 0.154. The quantitative estimate of drug-likeness (QED) is 0.871. The molecule has 6 heteroatoms. The van der Waals surface area contributed by atoms with E-state index in [-0.39, 0.29) is 11.6 Å². The Bertz CT molecular complexity index is 613. The zero-order chi connectivity index (χ0) is 13.2. The van der Waals surface area contributed by atoms with Crippen LogP contribution in [0.5, 0.6) is 5.75 Å². The van der Waals surface area contributed by atoms with Crippen LogP contribution in [0.1, 0.15) is 22.0 Å². The summed E-state index contributed by atoms with van der Waals surface area (Å²) in [5, 5.41) is 11.9. The molecule has 2 heterocycles. The summed E-state index contributed by atoms with van der Waals surface area (Å²) in [7, 11) is 0. The number of hydrogen-bond acceptors (Lipinski definition) is 5. The molecule has 1 aromatic carbocycles. The molecule has 2 N–H and O–H groups in total. The van der Waals surface area contributed by atoms with Crippen LogP contribution < -0.4 is 10.1 Å². The Morgan fingerprint density at radius 3 is 2.79 bits per heavy atom. The van der Waals surface area contributed by atoms with Crippen LogP contribution >= 0.6 is 0 Å². The molecule has 0 aliphatic carbocycles. The SMILES string of the molecule is O=C(O)c1cnc(N[C@H]2COc3ccccc32)nc1. The van der Waals surface area contributed by atoms with Gasteiger partial charge in [0.05, 0.1) is 11.6 Å². The standard InChI is InChI=1S/C13H11N3O3/c17-12(18)8-5-14-13(15-6-8)16-10-7-19-11-4-2-1-3-9(10)11/h1-6,10H,7H2,(H,17,18)(H,14,15,16)/t10-/m0/s1. The molecular weight excluding hydrogens is 246 g/mol. The van der Waals surface area contributed by atoms with Crippen LogP contribution in [-0.2, 0) is 0 Å². The average Bonchev–Trinajstić information content (AvgIpc) is 2.83. The number of nitrogens with one attached hydrogen (secondary N) is 1. The zero-order valence-corrected chi connectivity index (χ0v) is 9.91. The van der Waals surface area contributed by atoms with Crippen molar-refractivity contribution in [3.8, 4) is 5.75 Å². The van der Waals surface area contributed by atoms with Gasteiger partial charge >= 0.3 is 5.97 Å². The lowest BCUT2D eigenvalue weighted by Gasteiger charge is -2.11. The van der Waals surface area contributed by atoms with Crippen molar-refractivity contribution in [1.29, 1.82) is 0 Å². The Hall–Kier alpha value is -2.63. The Labute approximate surface area is 109 Å². The van der Waals surface area contributed by atoms with Crippen LogP contribution in [0.2, 0.25) is 0 Å². The highest BCUT2D eigenvalue weighted by Crippen LogP contribution is 2.33. The summed E-state index contributed by atoms with van der Waals surface area (Å²) in [6.45, 7) is 0.503. The predicted molar refractivity (Wildman–Crippen MR) is 67.3 cm³/mol. The fourth-order valence-corrected chi connectivity index (χ4v) is 1.95. The van der Waals surface area contributed by atoms with E-state index in [0.717, 1.165) is 11.3 Å². The summed E-state index contributed by atoms with van der Waals surface area (Å²) >= 11 is 0. The van der Waals surface area contributed by atoms with Crippen molar-refractivity contribution in [2.24, 2.45) is 0 Å². The van der Waals surface area contributed by atoms with Gasteiger partial charge in [0, 0.05) is 18.0 Å². The van der Waals surface area contributed by atoms with E-state index in [9.17, 15) is 4.79 Å². The molecule has 1 aliphatic heterocycles. The molecule has 1 aromatic heterocycles. The highest BCUT2D eigenvalue weighted by molar-refractivity contribution is 5.86. The molecule has 0 unspecified atom stereocenters. The number of aromatic carboxylic acids is 1. The van der Waals surface area contributed by atoms with Crippen molar-refractivity contribution in [2.75, 3.05) is 11.9 Å². The second-order valence-electron chi connectivity index (χ2n) is 4.15. The Morgan fingerprint density at radius 1 is 1.32 bits per heavy atom. The van der Waals surface area contributed by atoms with Crippen LogP contribution in [0.15, 0.2) is 36.7 Å². The van der Waals surface area contributed by atoms with Crippen LogP contribution in [0, 0.1) is 0 Å². The number of aromatic nitrogens is 2. The van der Waals surface area contributed by atoms with E-state index in [1.165, 1.54) is 12.4 Å². The van der Waals surface area contributed by atoms with Gasteiger partial charge in [0.15, 0.2) is 0 Å². The molecule has 0 bridgehead atoms. The van der Waals surface area contributed by atoms with E-state index < -0.39 is 5.97 Å². The van der Waals surface area contributed by atoms with Crippen LogP contribution in [0.4, 0.5) is 5.95 Å². The van der Waals surface area contributed by atoms with Gasteiger partial charge in [-0.05, 0) is 6.07 Å². The monoisotopic (exact) mass is 257 g/mol. The second-order valence-corrected chi connectivity index (χ2v) is 4.15. The minimum atomic E-state index is -1.04. The first-order valence-corrected chi connectivity index (χ1v) is 5.77. The molecular formula is C13H11N3O3. The summed E-state index contributed by atoms with van der Waals surface area (Å²) in [5.74, 6) is 0.193. The molecule has 0 saturated heterocycles. The number of anilines is 1. The number of hydrogen-bond donors (Lipinski definition) is 2. The van der Waals surface area contributed by atoms with Crippen molar-refractivity contribution in [3.63, 3.8) is 0 Å². The number of carboxylic acid groups (broad SMARTS) is 1. The van der Waals surface area contributed by atoms with Gasteiger partial charge in [-0.25, -0.2) is 14.8 Å². The second kappa shape index (κ2) is 4.56. The number of carboxylic acids is 1. The van der Waals surface area contributed by atoms with Gasteiger partial charge in [-0.2, -0.15) is 0 Å². The van der Waals surface area contributed by atoms with Crippen LogP contribution in [0.3, 0.4) is 0 Å². The van der Waals surface area contributed by atoms with Crippen LogP contribution in [0.25, 0.3) is 0 Å². The van der Waals surface area contributed by atoms with E-state index >= 15 is 0 Å². The third-order valence-corrected chi connectivity index (χ3v) is 2.90. The number of carbonyl (C=O) groups is 1. The van der Waals surface area contributed by atoms with Gasteiger partial charge < -0.3 is 15.2 Å². The Kier molecular flexibility index (Phi) is 2.75. The maximum Gasteiger partial charge on any atom is 0.338 e. The maximum atomic E-state index is 10.7. The fourth-order valence-electron chi connectivity index (χ4n) is 1.95. The van der Waals surface area contributed by atoms with E-state index in [1.54, 1.807) is 0 Å². The minimum Gasteiger partial charge on any atom is -0.491 e. The van der Waals surface area contributed by atoms with Gasteiger partial charge in [0.1, 0.15) is 12.4 Å². The van der Waals surface area contributed by atoms with E-state index in [2.05, 4.69) is 15.3 Å². The van der Waals surface area contributed by atoms with Crippen LogP contribution in [-0.4, -0.2) is 27.7 Å². The van der Waals surface area contributed by atoms with Gasteiger partial charge in [0.25, 0.3) is 0 Å². The van der Waals surface area contributed by atoms with Crippen molar-refractivity contribution in [2.45, 2.75) is 6.04 Å². The van der Waals surface area contributed by atoms with Gasteiger partial charge in [0.2, 0.25) is 5.95 Å². The normalized spacial score (nSPS) is 16.5. The molecule has 0 fully saturated rings. The molecule has 1 atom stereocenters. The molecule has 1 aliphatic rings. The van der Waals surface area contributed by atoms with Crippen molar-refractivity contribution < 1.29 is 14.6 Å². The number of para-hydroxylation sites is 1. The van der Waals surface area contributed by atoms with Gasteiger partial charge in [-0.3, -0.25) is 0 Å². The largest absolute Gasteiger partial charge is 0.491 e. The van der Waals surface area contributed by atoms with Crippen molar-refractivity contribution >= 4 is 11.9 Å². The molecule has 0 saturated carbocycles. The first kappa shape index (κ1) is 11.5. The third-order valence-electron chi connectivity index (χ3n) is 2.90. The average molecular weight is 257 g/mol. The van der Waals surface area contributed by atoms with Crippen molar-refractivity contribution in [1.82, 2.24) is 9.97 Å². The summed E-state index contributed by atoms with van der Waals surface area (Å²) in [6.07, 6.45) is 2.55. The summed E-state index contributed by atoms with van der Waals surface area (Å²) in [6, 6.07) is 7.72. The lowest BCUT2D eigenvalue weighted by Crippen LogP contribution is -2.14. The topological polar surface area (TPSA) is 84.3 Å². The molecule has 3 rings (SSSR count). The zero-order valence-electron chi connectivity index (χ0n) is 9.91. The number of benzene rings is 1. The first-order valence-electron chi connectivity index (χ1n) is 5.77. The van der Waals surface area contributed by atoms with Crippen molar-refractivity contribution in [3.05, 3.63) is 47.8 Å². The Morgan fingerprint density at radius 2 is 2.05 bits per heavy atom. The molecule has 19 heavy (non-hydrogen) atoms. The van der Waals surface area contributed by atoms with E-state index in [1.807, 2.05) is 24.3 Å². The number of fused-ring (bicyclic) bond motifs is 1. The molecule has 6 nitrogen and oxygen atoms in total. The maximum absolute atomic E-state index is 10.7. The molecule has 0 spiro atoms. The lowest BCUT2D eigenvalue weighted by atomic mass is 10.1. The summed E-state index contributed by atoms with van der Waals surface area (Å²) < 4.78 is 5.53. The number of ether oxygens (including phenoxy) is 1. The minimum absolute atomic E-state index is 0.0214. The first-order chi connectivity index (χ1) is 9.24. The van der Waals surface area contributed by atoms with E-state index in [0.29, 0.717) is 12.6 Å². The highest BCUT2D eigenvalue weighted by atomic mass is 16.5. The lowest BCUT2D eigenvalue weighted by molar-refractivity contribution is 0.0696. The summed E-state index contributed by atoms with van der Waals surface area (Å²) in [4.78, 5) is 18.7.